The number of fused-ring (bicyclic) bond motifs is 2. The highest BCUT2D eigenvalue weighted by Crippen LogP contribution is 2.32. The first-order chi connectivity index (χ1) is 15.3. The first-order valence-corrected chi connectivity index (χ1v) is 10.1. The number of aromatic nitrogens is 1. The molecule has 1 N–H and O–H groups in total. The van der Waals surface area contributed by atoms with Crippen molar-refractivity contribution in [3.63, 3.8) is 0 Å². The number of nitrogens with one attached hydrogen (secondary N) is 1. The second-order valence-corrected chi connectivity index (χ2v) is 7.82. The zero-order chi connectivity index (χ0) is 22.8. The number of pyridine rings is 1. The molecule has 1 aliphatic rings. The van der Waals surface area contributed by atoms with E-state index in [1.54, 1.807) is 6.07 Å². The second-order valence-electron chi connectivity index (χ2n) is 7.82. The maximum atomic E-state index is 13.5. The summed E-state index contributed by atoms with van der Waals surface area (Å²) in [6.45, 7) is 1.52. The molecule has 9 heteroatoms. The molecule has 1 unspecified atom stereocenters. The molecular formula is C23H20FN3O5. The van der Waals surface area contributed by atoms with Gasteiger partial charge in [0.2, 0.25) is 5.82 Å². The quantitative estimate of drug-likeness (QED) is 0.364. The van der Waals surface area contributed by atoms with Crippen LogP contribution in [0.2, 0.25) is 0 Å². The Kier molecular flexibility index (Phi) is 5.81. The van der Waals surface area contributed by atoms with Crippen LogP contribution in [0.3, 0.4) is 0 Å². The van der Waals surface area contributed by atoms with Crippen LogP contribution < -0.4 is 5.32 Å². The number of aryl methyl sites for hydroxylation is 1. The van der Waals surface area contributed by atoms with Crippen LogP contribution in [0.4, 0.5) is 15.8 Å². The first-order valence-electron chi connectivity index (χ1n) is 10.1. The van der Waals surface area contributed by atoms with Crippen molar-refractivity contribution in [2.45, 2.75) is 26.2 Å². The molecule has 1 heterocycles. The number of halogens is 1. The van der Waals surface area contributed by atoms with Crippen molar-refractivity contribution >= 4 is 34.2 Å². The van der Waals surface area contributed by atoms with Crippen molar-refractivity contribution < 1.29 is 23.6 Å². The normalized spacial score (nSPS) is 15.1. The van der Waals surface area contributed by atoms with Crippen molar-refractivity contribution in [2.24, 2.45) is 5.92 Å². The number of nitro benzene ring substituents is 1. The lowest BCUT2D eigenvalue weighted by Crippen LogP contribution is -2.23. The lowest BCUT2D eigenvalue weighted by Gasteiger charge is -2.24. The van der Waals surface area contributed by atoms with Crippen LogP contribution in [0.1, 0.15) is 35.0 Å². The lowest BCUT2D eigenvalue weighted by atomic mass is 9.84. The number of ether oxygens (including phenoxy) is 1. The fourth-order valence-corrected chi connectivity index (χ4v) is 3.93. The molecule has 32 heavy (non-hydrogen) atoms. The minimum absolute atomic E-state index is 0.0275. The highest BCUT2D eigenvalue weighted by atomic mass is 19.1. The van der Waals surface area contributed by atoms with Crippen LogP contribution in [0.15, 0.2) is 42.5 Å². The lowest BCUT2D eigenvalue weighted by molar-refractivity contribution is -0.387. The molecule has 1 atom stereocenters. The molecule has 0 saturated heterocycles. The van der Waals surface area contributed by atoms with Crippen LogP contribution in [0, 0.1) is 21.8 Å². The molecule has 8 nitrogen and oxygen atoms in total. The van der Waals surface area contributed by atoms with Crippen molar-refractivity contribution in [3.8, 4) is 0 Å². The molecule has 1 amide bonds. The number of benzene rings is 2. The summed E-state index contributed by atoms with van der Waals surface area (Å²) in [6, 6.07) is 10.3. The van der Waals surface area contributed by atoms with Gasteiger partial charge in [-0.15, -0.1) is 0 Å². The van der Waals surface area contributed by atoms with Crippen LogP contribution in [0.5, 0.6) is 0 Å². The molecule has 0 saturated carbocycles. The van der Waals surface area contributed by atoms with E-state index in [2.05, 4.69) is 12.2 Å². The molecule has 4 rings (SSSR count). The molecule has 3 aromatic rings. The molecule has 164 valence electrons. The van der Waals surface area contributed by atoms with E-state index in [1.165, 1.54) is 6.07 Å². The van der Waals surface area contributed by atoms with E-state index in [-0.39, 0.29) is 5.69 Å². The summed E-state index contributed by atoms with van der Waals surface area (Å²) in [7, 11) is 0. The number of rotatable bonds is 5. The van der Waals surface area contributed by atoms with Gasteiger partial charge in [-0.3, -0.25) is 19.9 Å². The zero-order valence-corrected chi connectivity index (χ0v) is 17.3. The molecule has 0 aliphatic heterocycles. The number of esters is 1. The molecule has 1 aliphatic carbocycles. The average molecular weight is 437 g/mol. The van der Waals surface area contributed by atoms with Gasteiger partial charge in [0.1, 0.15) is 0 Å². The SMILES string of the molecule is CC1CCc2nc3ccccc3c(C(=O)OCC(=O)Nc3ccc(F)c([N+](=O)[O-])c3)c2C1. The molecule has 2 aromatic carbocycles. The fraction of sp³-hybridized carbons (Fsp3) is 0.261. The van der Waals surface area contributed by atoms with Crippen molar-refractivity contribution in [3.05, 3.63) is 75.2 Å². The summed E-state index contributed by atoms with van der Waals surface area (Å²) in [6.07, 6.45) is 2.45. The van der Waals surface area contributed by atoms with E-state index >= 15 is 0 Å². The van der Waals surface area contributed by atoms with E-state index in [0.717, 1.165) is 36.2 Å². The summed E-state index contributed by atoms with van der Waals surface area (Å²) in [5, 5.41) is 13.9. The van der Waals surface area contributed by atoms with Gasteiger partial charge in [0.05, 0.1) is 16.0 Å². The van der Waals surface area contributed by atoms with E-state index < -0.39 is 34.9 Å². The van der Waals surface area contributed by atoms with Gasteiger partial charge in [0, 0.05) is 22.8 Å². The maximum Gasteiger partial charge on any atom is 0.339 e. The molecular weight excluding hydrogens is 417 g/mol. The van der Waals surface area contributed by atoms with E-state index in [0.29, 0.717) is 28.8 Å². The van der Waals surface area contributed by atoms with Gasteiger partial charge >= 0.3 is 11.7 Å². The van der Waals surface area contributed by atoms with Gasteiger partial charge < -0.3 is 10.1 Å². The number of carbonyl (C=O) groups excluding carboxylic acids is 2. The number of carbonyl (C=O) groups is 2. The minimum Gasteiger partial charge on any atom is -0.452 e. The smallest absolute Gasteiger partial charge is 0.339 e. The summed E-state index contributed by atoms with van der Waals surface area (Å²) in [4.78, 5) is 39.9. The Morgan fingerprint density at radius 1 is 1.28 bits per heavy atom. The highest BCUT2D eigenvalue weighted by molar-refractivity contribution is 6.06. The Balaban J connectivity index is 1.53. The third-order valence-corrected chi connectivity index (χ3v) is 5.47. The Morgan fingerprint density at radius 3 is 2.84 bits per heavy atom. The van der Waals surface area contributed by atoms with E-state index in [1.807, 2.05) is 18.2 Å². The Hall–Kier alpha value is -3.88. The number of hydrogen-bond acceptors (Lipinski definition) is 6. The summed E-state index contributed by atoms with van der Waals surface area (Å²) in [5.74, 6) is -1.94. The van der Waals surface area contributed by atoms with Crippen molar-refractivity contribution in [1.29, 1.82) is 0 Å². The second kappa shape index (κ2) is 8.70. The van der Waals surface area contributed by atoms with Crippen LogP contribution in [0.25, 0.3) is 10.9 Å². The molecule has 0 fully saturated rings. The number of nitro groups is 1. The molecule has 1 aromatic heterocycles. The Labute approximate surface area is 182 Å². The van der Waals surface area contributed by atoms with E-state index in [9.17, 15) is 24.1 Å². The Morgan fingerprint density at radius 2 is 2.06 bits per heavy atom. The highest BCUT2D eigenvalue weighted by Gasteiger charge is 2.26. The third-order valence-electron chi connectivity index (χ3n) is 5.47. The topological polar surface area (TPSA) is 111 Å². The maximum absolute atomic E-state index is 13.5. The summed E-state index contributed by atoms with van der Waals surface area (Å²) < 4.78 is 18.8. The number of para-hydroxylation sites is 1. The van der Waals surface area contributed by atoms with Gasteiger partial charge in [0.15, 0.2) is 6.61 Å². The van der Waals surface area contributed by atoms with Gasteiger partial charge in [-0.25, -0.2) is 4.79 Å². The van der Waals surface area contributed by atoms with Crippen LogP contribution in [-0.2, 0) is 22.4 Å². The van der Waals surface area contributed by atoms with Gasteiger partial charge in [0.25, 0.3) is 5.91 Å². The number of amides is 1. The third kappa shape index (κ3) is 4.27. The van der Waals surface area contributed by atoms with Crippen LogP contribution in [-0.4, -0.2) is 28.4 Å². The Bertz CT molecular complexity index is 1240. The average Bonchev–Trinajstić information content (AvgIpc) is 2.77. The van der Waals surface area contributed by atoms with Gasteiger partial charge in [-0.05, 0) is 48.9 Å². The van der Waals surface area contributed by atoms with E-state index in [4.69, 9.17) is 9.72 Å². The predicted octanol–water partition coefficient (Wildman–Crippen LogP) is 4.20. The number of nitrogens with zero attached hydrogens (tertiary/aromatic N) is 2. The fourth-order valence-electron chi connectivity index (χ4n) is 3.93. The first kappa shape index (κ1) is 21.4. The molecule has 0 spiro atoms. The van der Waals surface area contributed by atoms with Gasteiger partial charge in [-0.1, -0.05) is 25.1 Å². The largest absolute Gasteiger partial charge is 0.452 e. The number of anilines is 1. The number of hydrogen-bond donors (Lipinski definition) is 1. The minimum atomic E-state index is -1.01. The van der Waals surface area contributed by atoms with Gasteiger partial charge in [-0.2, -0.15) is 4.39 Å². The standard InChI is InChI=1S/C23H20FN3O5/c1-13-6-9-19-16(10-13)22(15-4-2-3-5-18(15)26-19)23(29)32-12-21(28)25-14-7-8-17(24)20(11-14)27(30)31/h2-5,7-8,11,13H,6,9-10,12H2,1H3,(H,25,28). The molecule has 0 bridgehead atoms. The monoisotopic (exact) mass is 437 g/mol. The van der Waals surface area contributed by atoms with Crippen molar-refractivity contribution in [1.82, 2.24) is 4.98 Å². The predicted molar refractivity (Wildman–Crippen MR) is 115 cm³/mol. The van der Waals surface area contributed by atoms with Crippen LogP contribution >= 0.6 is 0 Å². The molecule has 0 radical (unpaired) electrons. The summed E-state index contributed by atoms with van der Waals surface area (Å²) in [5.41, 5.74) is 2.10. The van der Waals surface area contributed by atoms with Crippen molar-refractivity contribution in [2.75, 3.05) is 11.9 Å². The zero-order valence-electron chi connectivity index (χ0n) is 17.3. The summed E-state index contributed by atoms with van der Waals surface area (Å²) >= 11 is 0.